The fourth-order valence-electron chi connectivity index (χ4n) is 3.19. The summed E-state index contributed by atoms with van der Waals surface area (Å²) in [7, 11) is -3.79. The number of benzene rings is 3. The molecule has 0 aliphatic carbocycles. The second kappa shape index (κ2) is 8.49. The van der Waals surface area contributed by atoms with Gasteiger partial charge in [0.25, 0.3) is 15.9 Å². The van der Waals surface area contributed by atoms with Crippen molar-refractivity contribution in [2.45, 2.75) is 31.7 Å². The van der Waals surface area contributed by atoms with Crippen LogP contribution in [0, 0.1) is 13.8 Å². The first-order chi connectivity index (χ1) is 13.8. The number of para-hydroxylation sites is 1. The van der Waals surface area contributed by atoms with Crippen molar-refractivity contribution in [3.63, 3.8) is 0 Å². The third-order valence-corrected chi connectivity index (χ3v) is 6.05. The molecule has 3 aromatic rings. The van der Waals surface area contributed by atoms with Crippen LogP contribution in [0.25, 0.3) is 0 Å². The van der Waals surface area contributed by atoms with Crippen molar-refractivity contribution in [1.29, 1.82) is 0 Å². The summed E-state index contributed by atoms with van der Waals surface area (Å²) in [5, 5.41) is 2.95. The quantitative estimate of drug-likeness (QED) is 0.626. The van der Waals surface area contributed by atoms with E-state index in [2.05, 4.69) is 16.1 Å². The maximum absolute atomic E-state index is 12.7. The van der Waals surface area contributed by atoms with Crippen LogP contribution in [0.3, 0.4) is 0 Å². The topological polar surface area (TPSA) is 75.3 Å². The number of hydrogen-bond acceptors (Lipinski definition) is 3. The highest BCUT2D eigenvalue weighted by molar-refractivity contribution is 7.92. The lowest BCUT2D eigenvalue weighted by Gasteiger charge is -2.17. The van der Waals surface area contributed by atoms with Crippen molar-refractivity contribution in [2.75, 3.05) is 4.72 Å². The summed E-state index contributed by atoms with van der Waals surface area (Å²) >= 11 is 0. The molecule has 6 heteroatoms. The third-order valence-electron chi connectivity index (χ3n) is 4.67. The second-order valence-corrected chi connectivity index (χ2v) is 8.74. The molecule has 3 aromatic carbocycles. The SMILES string of the molecule is Cc1ccc([C@H](C)NC(=O)c2cccc(S(=O)(=O)Nc3ccccc3)c2)c(C)c1. The Kier molecular flexibility index (Phi) is 6.03. The molecule has 5 nitrogen and oxygen atoms in total. The van der Waals surface area contributed by atoms with Gasteiger partial charge in [-0.05, 0) is 62.2 Å². The van der Waals surface area contributed by atoms with E-state index in [0.29, 0.717) is 5.69 Å². The Hall–Kier alpha value is -3.12. The molecule has 0 aliphatic rings. The smallest absolute Gasteiger partial charge is 0.261 e. The summed E-state index contributed by atoms with van der Waals surface area (Å²) in [6.45, 7) is 5.94. The van der Waals surface area contributed by atoms with E-state index in [9.17, 15) is 13.2 Å². The summed E-state index contributed by atoms with van der Waals surface area (Å²) in [5.74, 6) is -0.325. The molecule has 0 radical (unpaired) electrons. The Morgan fingerprint density at radius 1 is 0.897 bits per heavy atom. The van der Waals surface area contributed by atoms with E-state index >= 15 is 0 Å². The maximum Gasteiger partial charge on any atom is 0.261 e. The summed E-state index contributed by atoms with van der Waals surface area (Å²) in [6, 6.07) is 20.5. The van der Waals surface area contributed by atoms with E-state index in [-0.39, 0.29) is 22.4 Å². The molecule has 3 rings (SSSR count). The van der Waals surface area contributed by atoms with Crippen molar-refractivity contribution in [3.8, 4) is 0 Å². The first-order valence-electron chi connectivity index (χ1n) is 9.32. The van der Waals surface area contributed by atoms with Crippen LogP contribution in [0.5, 0.6) is 0 Å². The van der Waals surface area contributed by atoms with E-state index in [1.54, 1.807) is 42.5 Å². The largest absolute Gasteiger partial charge is 0.346 e. The fraction of sp³-hybridized carbons (Fsp3) is 0.174. The third kappa shape index (κ3) is 5.03. The fourth-order valence-corrected chi connectivity index (χ4v) is 4.30. The molecule has 0 saturated carbocycles. The van der Waals surface area contributed by atoms with E-state index in [1.807, 2.05) is 32.9 Å². The van der Waals surface area contributed by atoms with Crippen molar-refractivity contribution in [1.82, 2.24) is 5.32 Å². The van der Waals surface area contributed by atoms with Gasteiger partial charge in [0.1, 0.15) is 0 Å². The van der Waals surface area contributed by atoms with Gasteiger partial charge in [-0.15, -0.1) is 0 Å². The van der Waals surface area contributed by atoms with Crippen LogP contribution in [0.15, 0.2) is 77.7 Å². The highest BCUT2D eigenvalue weighted by Gasteiger charge is 2.18. The van der Waals surface area contributed by atoms with Crippen molar-refractivity contribution < 1.29 is 13.2 Å². The molecular weight excluding hydrogens is 384 g/mol. The second-order valence-electron chi connectivity index (χ2n) is 7.05. The highest BCUT2D eigenvalue weighted by Crippen LogP contribution is 2.20. The molecule has 0 bridgehead atoms. The number of anilines is 1. The lowest BCUT2D eigenvalue weighted by molar-refractivity contribution is 0.0939. The lowest BCUT2D eigenvalue weighted by Crippen LogP contribution is -2.27. The Bertz CT molecular complexity index is 1130. The highest BCUT2D eigenvalue weighted by atomic mass is 32.2. The summed E-state index contributed by atoms with van der Waals surface area (Å²) in [4.78, 5) is 12.8. The van der Waals surface area contributed by atoms with Gasteiger partial charge >= 0.3 is 0 Å². The minimum absolute atomic E-state index is 0.0353. The molecule has 1 atom stereocenters. The zero-order valence-corrected chi connectivity index (χ0v) is 17.5. The van der Waals surface area contributed by atoms with E-state index in [1.165, 1.54) is 12.1 Å². The summed E-state index contributed by atoms with van der Waals surface area (Å²) < 4.78 is 27.8. The van der Waals surface area contributed by atoms with Crippen LogP contribution in [-0.2, 0) is 10.0 Å². The monoisotopic (exact) mass is 408 g/mol. The van der Waals surface area contributed by atoms with Gasteiger partial charge in [0.15, 0.2) is 0 Å². The van der Waals surface area contributed by atoms with E-state index in [0.717, 1.165) is 16.7 Å². The molecule has 0 aliphatic heterocycles. The van der Waals surface area contributed by atoms with Gasteiger partial charge in [0.2, 0.25) is 0 Å². The molecule has 29 heavy (non-hydrogen) atoms. The minimum atomic E-state index is -3.79. The van der Waals surface area contributed by atoms with Gasteiger partial charge in [0, 0.05) is 11.3 Å². The van der Waals surface area contributed by atoms with Gasteiger partial charge in [-0.1, -0.05) is 48.0 Å². The Labute approximate surface area is 171 Å². The first-order valence-corrected chi connectivity index (χ1v) is 10.8. The number of carbonyl (C=O) groups is 1. The average molecular weight is 409 g/mol. The number of rotatable bonds is 6. The molecule has 0 spiro atoms. The molecule has 0 aromatic heterocycles. The minimum Gasteiger partial charge on any atom is -0.346 e. The van der Waals surface area contributed by atoms with Gasteiger partial charge in [-0.2, -0.15) is 0 Å². The van der Waals surface area contributed by atoms with E-state index < -0.39 is 10.0 Å². The average Bonchev–Trinajstić information content (AvgIpc) is 2.68. The molecular formula is C23H24N2O3S. The Morgan fingerprint density at radius 3 is 2.31 bits per heavy atom. The molecule has 0 saturated heterocycles. The molecule has 0 fully saturated rings. The molecule has 1 amide bonds. The summed E-state index contributed by atoms with van der Waals surface area (Å²) in [6.07, 6.45) is 0. The van der Waals surface area contributed by atoms with Gasteiger partial charge in [-0.25, -0.2) is 8.42 Å². The molecule has 150 valence electrons. The van der Waals surface area contributed by atoms with Crippen LogP contribution in [0.2, 0.25) is 0 Å². The molecule has 2 N–H and O–H groups in total. The zero-order valence-electron chi connectivity index (χ0n) is 16.6. The number of aryl methyl sites for hydroxylation is 2. The van der Waals surface area contributed by atoms with Gasteiger partial charge in [-0.3, -0.25) is 9.52 Å². The predicted molar refractivity (Wildman–Crippen MR) is 115 cm³/mol. The number of nitrogens with one attached hydrogen (secondary N) is 2. The van der Waals surface area contributed by atoms with Crippen molar-refractivity contribution >= 4 is 21.6 Å². The Morgan fingerprint density at radius 2 is 1.62 bits per heavy atom. The number of carbonyl (C=O) groups excluding carboxylic acids is 1. The molecule has 0 heterocycles. The number of hydrogen-bond donors (Lipinski definition) is 2. The van der Waals surface area contributed by atoms with E-state index in [4.69, 9.17) is 0 Å². The number of sulfonamides is 1. The van der Waals surface area contributed by atoms with Crippen LogP contribution in [0.4, 0.5) is 5.69 Å². The molecule has 0 unspecified atom stereocenters. The zero-order chi connectivity index (χ0) is 21.0. The standard InChI is InChI=1S/C23H24N2O3S/c1-16-12-13-22(17(2)14-16)18(3)24-23(26)19-8-7-11-21(15-19)29(27,28)25-20-9-5-4-6-10-20/h4-15,18,25H,1-3H3,(H,24,26)/t18-/m0/s1. The Balaban J connectivity index is 1.78. The van der Waals surface area contributed by atoms with Gasteiger partial charge in [0.05, 0.1) is 10.9 Å². The van der Waals surface area contributed by atoms with Gasteiger partial charge < -0.3 is 5.32 Å². The van der Waals surface area contributed by atoms with Crippen LogP contribution in [-0.4, -0.2) is 14.3 Å². The lowest BCUT2D eigenvalue weighted by atomic mass is 10.00. The van der Waals surface area contributed by atoms with Crippen molar-refractivity contribution in [2.24, 2.45) is 0 Å². The normalized spacial score (nSPS) is 12.2. The van der Waals surface area contributed by atoms with Crippen LogP contribution in [0.1, 0.15) is 40.0 Å². The van der Waals surface area contributed by atoms with Crippen LogP contribution < -0.4 is 10.0 Å². The van der Waals surface area contributed by atoms with Crippen molar-refractivity contribution in [3.05, 3.63) is 95.1 Å². The predicted octanol–water partition coefficient (Wildman–Crippen LogP) is 4.60. The maximum atomic E-state index is 12.7. The first kappa shape index (κ1) is 20.6. The number of amides is 1. The summed E-state index contributed by atoms with van der Waals surface area (Å²) in [5.41, 5.74) is 4.04. The van der Waals surface area contributed by atoms with Crippen LogP contribution >= 0.6 is 0 Å².